The van der Waals surface area contributed by atoms with Crippen molar-refractivity contribution in [3.63, 3.8) is 0 Å². The van der Waals surface area contributed by atoms with E-state index < -0.39 is 0 Å². The first kappa shape index (κ1) is 13.4. The van der Waals surface area contributed by atoms with Crippen LogP contribution in [0.2, 0.25) is 0 Å². The van der Waals surface area contributed by atoms with Gasteiger partial charge in [-0.3, -0.25) is 4.79 Å². The number of nitrogens with two attached hydrogens (primary N) is 1. The Balaban J connectivity index is 2.02. The Morgan fingerprint density at radius 3 is 3.17 bits per heavy atom. The molecule has 4 nitrogen and oxygen atoms in total. The van der Waals surface area contributed by atoms with Crippen LogP contribution in [0.3, 0.4) is 0 Å². The lowest BCUT2D eigenvalue weighted by molar-refractivity contribution is -0.135. The number of hydrogen-bond acceptors (Lipinski definition) is 5. The molecule has 0 spiro atoms. The molecule has 1 aliphatic heterocycles. The number of esters is 1. The molecule has 0 radical (unpaired) electrons. The molecular weight excluding hydrogens is 250 g/mol. The number of benzene rings is 1. The maximum atomic E-state index is 11.4. The van der Waals surface area contributed by atoms with Gasteiger partial charge in [0.05, 0.1) is 13.0 Å². The van der Waals surface area contributed by atoms with E-state index in [4.69, 9.17) is 10.6 Å². The molecule has 1 aromatic rings. The molecule has 1 atom stereocenters. The number of carbonyl (C=O) groups is 1. The van der Waals surface area contributed by atoms with Gasteiger partial charge in [0.2, 0.25) is 0 Å². The van der Waals surface area contributed by atoms with Gasteiger partial charge in [-0.15, -0.1) is 11.8 Å². The average Bonchev–Trinajstić information content (AvgIpc) is 2.34. The molecule has 2 N–H and O–H groups in total. The zero-order valence-electron chi connectivity index (χ0n) is 10.3. The average molecular weight is 267 g/mol. The van der Waals surface area contributed by atoms with Crippen LogP contribution in [0.1, 0.15) is 31.2 Å². The molecule has 1 aromatic carbocycles. The van der Waals surface area contributed by atoms with E-state index in [9.17, 15) is 4.79 Å². The van der Waals surface area contributed by atoms with Crippen molar-refractivity contribution in [2.45, 2.75) is 30.6 Å². The summed E-state index contributed by atoms with van der Waals surface area (Å²) in [5.74, 6) is 6.70. The van der Waals surface area contributed by atoms with Gasteiger partial charge in [0, 0.05) is 10.6 Å². The van der Waals surface area contributed by atoms with E-state index in [-0.39, 0.29) is 11.9 Å². The topological polar surface area (TPSA) is 61.5 Å². The van der Waals surface area contributed by atoms with Gasteiger partial charge in [-0.1, -0.05) is 13.0 Å². The summed E-state index contributed by atoms with van der Waals surface area (Å²) in [4.78, 5) is 17.0. The summed E-state index contributed by atoms with van der Waals surface area (Å²) in [5.41, 5.74) is 1.12. The molecule has 0 saturated heterocycles. The van der Waals surface area contributed by atoms with Crippen molar-refractivity contribution < 1.29 is 14.4 Å². The fourth-order valence-electron chi connectivity index (χ4n) is 1.96. The normalized spacial score (nSPS) is 18.3. The largest absolute Gasteiger partial charge is 0.426 e. The second-order valence-corrected chi connectivity index (χ2v) is 5.52. The number of thioether (sulfide) groups is 1. The predicted octanol–water partition coefficient (Wildman–Crippen LogP) is 2.47. The molecule has 0 saturated carbocycles. The Labute approximate surface area is 111 Å². The minimum atomic E-state index is -0.145. The first-order chi connectivity index (χ1) is 8.70. The maximum absolute atomic E-state index is 11.4. The molecule has 0 aromatic heterocycles. The number of carbonyl (C=O) groups excluding carboxylic acids is 1. The van der Waals surface area contributed by atoms with Crippen LogP contribution in [0.5, 0.6) is 5.75 Å². The highest BCUT2D eigenvalue weighted by atomic mass is 32.2. The zero-order valence-corrected chi connectivity index (χ0v) is 11.2. The van der Waals surface area contributed by atoms with E-state index in [1.165, 1.54) is 0 Å². The van der Waals surface area contributed by atoms with Crippen molar-refractivity contribution in [3.05, 3.63) is 23.8 Å². The quantitative estimate of drug-likeness (QED) is 0.292. The molecule has 18 heavy (non-hydrogen) atoms. The maximum Gasteiger partial charge on any atom is 0.311 e. The number of rotatable bonds is 5. The van der Waals surface area contributed by atoms with Gasteiger partial charge in [-0.25, -0.2) is 5.90 Å². The van der Waals surface area contributed by atoms with Crippen molar-refractivity contribution in [1.29, 1.82) is 0 Å². The Kier molecular flexibility index (Phi) is 4.63. The molecule has 1 aliphatic rings. The van der Waals surface area contributed by atoms with Crippen LogP contribution in [-0.2, 0) is 9.63 Å². The smallest absolute Gasteiger partial charge is 0.311 e. The highest BCUT2D eigenvalue weighted by Crippen LogP contribution is 2.36. The second-order valence-electron chi connectivity index (χ2n) is 4.35. The van der Waals surface area contributed by atoms with Crippen LogP contribution in [0, 0.1) is 0 Å². The van der Waals surface area contributed by atoms with E-state index in [0.29, 0.717) is 18.8 Å². The third-order valence-corrected chi connectivity index (χ3v) is 3.97. The third kappa shape index (κ3) is 3.25. The monoisotopic (exact) mass is 267 g/mol. The van der Waals surface area contributed by atoms with E-state index in [2.05, 4.69) is 10.9 Å². The molecule has 5 heteroatoms. The van der Waals surface area contributed by atoms with Crippen LogP contribution in [0.15, 0.2) is 23.1 Å². The highest BCUT2D eigenvalue weighted by molar-refractivity contribution is 7.99. The van der Waals surface area contributed by atoms with Crippen molar-refractivity contribution in [2.24, 2.45) is 5.90 Å². The lowest BCUT2D eigenvalue weighted by atomic mass is 9.95. The Bertz CT molecular complexity index is 436. The van der Waals surface area contributed by atoms with Gasteiger partial charge in [0.1, 0.15) is 5.75 Å². The predicted molar refractivity (Wildman–Crippen MR) is 70.6 cm³/mol. The third-order valence-electron chi connectivity index (χ3n) is 2.89. The summed E-state index contributed by atoms with van der Waals surface area (Å²) >= 11 is 1.71. The van der Waals surface area contributed by atoms with Gasteiger partial charge in [0.25, 0.3) is 0 Å². The molecule has 0 amide bonds. The molecule has 98 valence electrons. The minimum Gasteiger partial charge on any atom is -0.426 e. The standard InChI is InChI=1S/C13H17NO3S/c1-9-7-13(15)17-12-8-10(3-4-11(9)12)18-6-2-5-16-14/h3-4,8-9H,2,5-7,14H2,1H3. The van der Waals surface area contributed by atoms with E-state index in [0.717, 1.165) is 22.6 Å². The summed E-state index contributed by atoms with van der Waals surface area (Å²) in [7, 11) is 0. The first-order valence-corrected chi connectivity index (χ1v) is 6.98. The van der Waals surface area contributed by atoms with Gasteiger partial charge in [0.15, 0.2) is 0 Å². The van der Waals surface area contributed by atoms with Gasteiger partial charge in [-0.2, -0.15) is 0 Å². The lowest BCUT2D eigenvalue weighted by Crippen LogP contribution is -2.18. The fourth-order valence-corrected chi connectivity index (χ4v) is 2.81. The summed E-state index contributed by atoms with van der Waals surface area (Å²) < 4.78 is 5.27. The van der Waals surface area contributed by atoms with Crippen LogP contribution < -0.4 is 10.6 Å². The number of hydrogen-bond donors (Lipinski definition) is 1. The number of fused-ring (bicyclic) bond motifs is 1. The molecule has 1 heterocycles. The van der Waals surface area contributed by atoms with Crippen molar-refractivity contribution >= 4 is 17.7 Å². The summed E-state index contributed by atoms with van der Waals surface area (Å²) in [6, 6.07) is 6.06. The van der Waals surface area contributed by atoms with Gasteiger partial charge >= 0.3 is 5.97 Å². The fraction of sp³-hybridized carbons (Fsp3) is 0.462. The van der Waals surface area contributed by atoms with Crippen molar-refractivity contribution in [3.8, 4) is 5.75 Å². The molecule has 0 aliphatic carbocycles. The Hall–Kier alpha value is -1.04. The van der Waals surface area contributed by atoms with Crippen LogP contribution in [0.4, 0.5) is 0 Å². The van der Waals surface area contributed by atoms with Crippen molar-refractivity contribution in [2.75, 3.05) is 12.4 Å². The van der Waals surface area contributed by atoms with Crippen LogP contribution in [-0.4, -0.2) is 18.3 Å². The van der Waals surface area contributed by atoms with E-state index >= 15 is 0 Å². The molecule has 0 fully saturated rings. The minimum absolute atomic E-state index is 0.145. The molecular formula is C13H17NO3S. The summed E-state index contributed by atoms with van der Waals surface area (Å²) in [6.45, 7) is 2.61. The molecule has 2 rings (SSSR count). The van der Waals surface area contributed by atoms with Crippen molar-refractivity contribution in [1.82, 2.24) is 0 Å². The van der Waals surface area contributed by atoms with E-state index in [1.807, 2.05) is 19.1 Å². The van der Waals surface area contributed by atoms with Gasteiger partial charge < -0.3 is 9.57 Å². The Morgan fingerprint density at radius 1 is 1.56 bits per heavy atom. The van der Waals surface area contributed by atoms with Crippen LogP contribution in [0.25, 0.3) is 0 Å². The molecule has 0 bridgehead atoms. The van der Waals surface area contributed by atoms with Gasteiger partial charge in [-0.05, 0) is 30.0 Å². The first-order valence-electron chi connectivity index (χ1n) is 6.00. The SMILES string of the molecule is CC1CC(=O)Oc2cc(SCCCON)ccc21. The summed E-state index contributed by atoms with van der Waals surface area (Å²) in [6.07, 6.45) is 1.36. The summed E-state index contributed by atoms with van der Waals surface area (Å²) in [5, 5.41) is 0. The van der Waals surface area contributed by atoms with Crippen LogP contribution >= 0.6 is 11.8 Å². The number of ether oxygens (including phenoxy) is 1. The van der Waals surface area contributed by atoms with E-state index in [1.54, 1.807) is 11.8 Å². The highest BCUT2D eigenvalue weighted by Gasteiger charge is 2.23. The molecule has 1 unspecified atom stereocenters. The Morgan fingerprint density at radius 2 is 2.39 bits per heavy atom. The zero-order chi connectivity index (χ0) is 13.0. The second kappa shape index (κ2) is 6.22. The lowest BCUT2D eigenvalue weighted by Gasteiger charge is -2.21.